The summed E-state index contributed by atoms with van der Waals surface area (Å²) in [4.78, 5) is 2.45. The van der Waals surface area contributed by atoms with E-state index < -0.39 is 0 Å². The van der Waals surface area contributed by atoms with Gasteiger partial charge in [-0.25, -0.2) is 0 Å². The maximum Gasteiger partial charge on any atom is 0.0961 e. The molecule has 27 heavy (non-hydrogen) atoms. The summed E-state index contributed by atoms with van der Waals surface area (Å²) in [5.41, 5.74) is 6.99. The molecule has 1 aliphatic heterocycles. The summed E-state index contributed by atoms with van der Waals surface area (Å²) in [5, 5.41) is 7.13. The summed E-state index contributed by atoms with van der Waals surface area (Å²) in [7, 11) is 1.76. The largest absolute Gasteiger partial charge is 0.501 e. The Morgan fingerprint density at radius 2 is 1.89 bits per heavy atom. The smallest absolute Gasteiger partial charge is 0.0961 e. The number of nitrogens with one attached hydrogen (secondary N) is 2. The van der Waals surface area contributed by atoms with Crippen LogP contribution in [0.3, 0.4) is 0 Å². The van der Waals surface area contributed by atoms with Gasteiger partial charge in [-0.1, -0.05) is 18.6 Å². The van der Waals surface area contributed by atoms with Gasteiger partial charge in [0.1, 0.15) is 0 Å². The van der Waals surface area contributed by atoms with Gasteiger partial charge in [0.2, 0.25) is 0 Å². The van der Waals surface area contributed by atoms with Crippen molar-refractivity contribution in [1.29, 1.82) is 0 Å². The first-order valence-corrected chi connectivity index (χ1v) is 10.2. The molecule has 4 nitrogen and oxygen atoms in total. The average molecular weight is 366 g/mol. The van der Waals surface area contributed by atoms with Crippen LogP contribution in [0.1, 0.15) is 32.6 Å². The molecule has 2 aliphatic carbocycles. The standard InChI is InChI=1S/C23H31N3O/c1-17-15-22(27-2)10-5-19(17)16-23(18-3-4-18)25-20-6-8-21(9-7-20)26-13-11-24-12-14-26/h5-10,17,24-25H,3-4,11-16H2,1-2H3. The molecule has 0 radical (unpaired) electrons. The summed E-state index contributed by atoms with van der Waals surface area (Å²) in [6.07, 6.45) is 8.88. The van der Waals surface area contributed by atoms with Crippen molar-refractivity contribution < 1.29 is 4.74 Å². The molecule has 1 unspecified atom stereocenters. The predicted octanol–water partition coefficient (Wildman–Crippen LogP) is 4.44. The lowest BCUT2D eigenvalue weighted by Crippen LogP contribution is -2.43. The molecule has 0 spiro atoms. The van der Waals surface area contributed by atoms with Crippen molar-refractivity contribution in [3.8, 4) is 0 Å². The van der Waals surface area contributed by atoms with Gasteiger partial charge in [0.15, 0.2) is 0 Å². The van der Waals surface area contributed by atoms with Crippen LogP contribution in [0.2, 0.25) is 0 Å². The predicted molar refractivity (Wildman–Crippen MR) is 113 cm³/mol. The number of piperazine rings is 1. The number of ether oxygens (including phenoxy) is 1. The highest BCUT2D eigenvalue weighted by molar-refractivity contribution is 5.58. The molecule has 1 heterocycles. The van der Waals surface area contributed by atoms with E-state index in [4.69, 9.17) is 4.74 Å². The second kappa shape index (κ2) is 8.22. The lowest BCUT2D eigenvalue weighted by Gasteiger charge is -2.29. The number of anilines is 2. The van der Waals surface area contributed by atoms with Crippen molar-refractivity contribution in [3.63, 3.8) is 0 Å². The van der Waals surface area contributed by atoms with Crippen LogP contribution in [0.25, 0.3) is 0 Å². The Labute approximate surface area is 163 Å². The number of methoxy groups -OCH3 is 1. The van der Waals surface area contributed by atoms with Gasteiger partial charge >= 0.3 is 0 Å². The van der Waals surface area contributed by atoms with Crippen LogP contribution in [0, 0.1) is 5.92 Å². The molecule has 144 valence electrons. The second-order valence-corrected chi connectivity index (χ2v) is 7.85. The van der Waals surface area contributed by atoms with E-state index in [-0.39, 0.29) is 0 Å². The van der Waals surface area contributed by atoms with E-state index in [0.29, 0.717) is 5.92 Å². The van der Waals surface area contributed by atoms with Gasteiger partial charge in [-0.05, 0) is 54.7 Å². The monoisotopic (exact) mass is 365 g/mol. The number of benzene rings is 1. The first kappa shape index (κ1) is 18.2. The molecular formula is C23H31N3O. The van der Waals surface area contributed by atoms with Crippen molar-refractivity contribution in [2.24, 2.45) is 5.92 Å². The SMILES string of the molecule is COC1=CC=C(CC(Nc2ccc(N3CCNCC3)cc2)=C2CC2)C(C)C1. The van der Waals surface area contributed by atoms with Gasteiger partial charge in [0, 0.05) is 56.1 Å². The normalized spacial score (nSPS) is 22.1. The number of rotatable bonds is 6. The van der Waals surface area contributed by atoms with Gasteiger partial charge in [-0.3, -0.25) is 0 Å². The molecule has 1 atom stereocenters. The third-order valence-electron chi connectivity index (χ3n) is 5.84. The first-order chi connectivity index (χ1) is 13.2. The van der Waals surface area contributed by atoms with E-state index in [9.17, 15) is 0 Å². The Kier molecular flexibility index (Phi) is 5.53. The Balaban J connectivity index is 1.43. The Bertz CT molecular complexity index is 748. The number of nitrogens with zero attached hydrogens (tertiary/aromatic N) is 1. The van der Waals surface area contributed by atoms with Crippen molar-refractivity contribution in [2.45, 2.75) is 32.6 Å². The van der Waals surface area contributed by atoms with Gasteiger partial charge in [-0.15, -0.1) is 0 Å². The molecule has 2 N–H and O–H groups in total. The van der Waals surface area contributed by atoms with E-state index in [1.165, 1.54) is 35.5 Å². The molecule has 3 aliphatic rings. The van der Waals surface area contributed by atoms with Crippen molar-refractivity contribution in [2.75, 3.05) is 43.5 Å². The fraction of sp³-hybridized carbons (Fsp3) is 0.478. The zero-order valence-electron chi connectivity index (χ0n) is 16.6. The van der Waals surface area contributed by atoms with Crippen molar-refractivity contribution in [3.05, 3.63) is 59.0 Å². The van der Waals surface area contributed by atoms with Crippen LogP contribution in [0.5, 0.6) is 0 Å². The molecule has 1 saturated heterocycles. The third kappa shape index (κ3) is 4.56. The lowest BCUT2D eigenvalue weighted by atomic mass is 9.89. The Hall–Kier alpha value is -2.20. The zero-order valence-corrected chi connectivity index (χ0v) is 16.6. The van der Waals surface area contributed by atoms with Crippen LogP contribution in [-0.4, -0.2) is 33.3 Å². The maximum atomic E-state index is 5.41. The van der Waals surface area contributed by atoms with E-state index >= 15 is 0 Å². The zero-order chi connectivity index (χ0) is 18.6. The topological polar surface area (TPSA) is 36.5 Å². The van der Waals surface area contributed by atoms with Gasteiger partial charge in [-0.2, -0.15) is 0 Å². The molecule has 1 aromatic carbocycles. The highest BCUT2D eigenvalue weighted by Gasteiger charge is 2.22. The molecule has 0 aromatic heterocycles. The van der Waals surface area contributed by atoms with Crippen LogP contribution in [-0.2, 0) is 4.74 Å². The second-order valence-electron chi connectivity index (χ2n) is 7.85. The Morgan fingerprint density at radius 1 is 1.15 bits per heavy atom. The molecule has 4 heteroatoms. The fourth-order valence-corrected chi connectivity index (χ4v) is 3.93. The maximum absolute atomic E-state index is 5.41. The highest BCUT2D eigenvalue weighted by Crippen LogP contribution is 2.37. The van der Waals surface area contributed by atoms with Gasteiger partial charge < -0.3 is 20.3 Å². The van der Waals surface area contributed by atoms with Crippen LogP contribution < -0.4 is 15.5 Å². The van der Waals surface area contributed by atoms with Gasteiger partial charge in [0.25, 0.3) is 0 Å². The number of allylic oxidation sites excluding steroid dienone is 5. The van der Waals surface area contributed by atoms with E-state index in [1.807, 2.05) is 0 Å². The lowest BCUT2D eigenvalue weighted by molar-refractivity contribution is 0.264. The minimum absolute atomic E-state index is 0.538. The third-order valence-corrected chi connectivity index (χ3v) is 5.84. The molecule has 4 rings (SSSR count). The van der Waals surface area contributed by atoms with E-state index in [1.54, 1.807) is 12.7 Å². The molecule has 2 fully saturated rings. The summed E-state index contributed by atoms with van der Waals surface area (Å²) in [6, 6.07) is 8.95. The van der Waals surface area contributed by atoms with Gasteiger partial charge in [0.05, 0.1) is 12.9 Å². The van der Waals surface area contributed by atoms with E-state index in [0.717, 1.165) is 44.8 Å². The van der Waals surface area contributed by atoms with Crippen molar-refractivity contribution >= 4 is 11.4 Å². The minimum Gasteiger partial charge on any atom is -0.501 e. The molecule has 1 saturated carbocycles. The quantitative estimate of drug-likeness (QED) is 0.781. The average Bonchev–Trinajstić information content (AvgIpc) is 3.55. The Morgan fingerprint density at radius 3 is 2.52 bits per heavy atom. The van der Waals surface area contributed by atoms with Crippen LogP contribution in [0.15, 0.2) is 59.0 Å². The molecule has 1 aromatic rings. The number of hydrogen-bond donors (Lipinski definition) is 2. The minimum atomic E-state index is 0.538. The van der Waals surface area contributed by atoms with Crippen molar-refractivity contribution in [1.82, 2.24) is 5.32 Å². The van der Waals surface area contributed by atoms with Crippen LogP contribution >= 0.6 is 0 Å². The summed E-state index contributed by atoms with van der Waals surface area (Å²) >= 11 is 0. The summed E-state index contributed by atoms with van der Waals surface area (Å²) in [6.45, 7) is 6.62. The van der Waals surface area contributed by atoms with E-state index in [2.05, 4.69) is 58.9 Å². The summed E-state index contributed by atoms with van der Waals surface area (Å²) in [5.74, 6) is 1.62. The molecule has 0 amide bonds. The van der Waals surface area contributed by atoms with Crippen LogP contribution in [0.4, 0.5) is 11.4 Å². The first-order valence-electron chi connectivity index (χ1n) is 10.2. The molecular weight excluding hydrogens is 334 g/mol. The highest BCUT2D eigenvalue weighted by atomic mass is 16.5. The fourth-order valence-electron chi connectivity index (χ4n) is 3.93. The molecule has 0 bridgehead atoms. The summed E-state index contributed by atoms with van der Waals surface area (Å²) < 4.78 is 5.41. The number of hydrogen-bond acceptors (Lipinski definition) is 4.